The van der Waals surface area contributed by atoms with E-state index in [2.05, 4.69) is 29.3 Å². The molecular weight excluding hydrogens is 334 g/mol. The Balaban J connectivity index is 1.16. The fourth-order valence-electron chi connectivity index (χ4n) is 4.26. The molecule has 3 aliphatic heterocycles. The van der Waals surface area contributed by atoms with E-state index in [0.717, 1.165) is 71.6 Å². The number of hydrogen-bond donors (Lipinski definition) is 1. The van der Waals surface area contributed by atoms with E-state index in [1.54, 1.807) is 0 Å². The summed E-state index contributed by atoms with van der Waals surface area (Å²) in [4.78, 5) is 19.3. The number of nitrogens with zero attached hydrogens (tertiary/aromatic N) is 2. The predicted molar refractivity (Wildman–Crippen MR) is 99.9 cm³/mol. The van der Waals surface area contributed by atoms with Crippen LogP contribution in [0.15, 0.2) is 12.1 Å². The first kappa shape index (κ1) is 17.3. The number of carbonyl (C=O) groups excluding carboxylic acids is 1. The minimum atomic E-state index is 0.0851. The van der Waals surface area contributed by atoms with Gasteiger partial charge in [0.05, 0.1) is 12.2 Å². The Bertz CT molecular complexity index is 596. The maximum absolute atomic E-state index is 12.1. The predicted octanol–water partition coefficient (Wildman–Crippen LogP) is 2.84. The van der Waals surface area contributed by atoms with Crippen molar-refractivity contribution in [2.24, 2.45) is 5.92 Å². The summed E-state index contributed by atoms with van der Waals surface area (Å²) in [5.41, 5.74) is 0.0851. The normalized spacial score (nSPS) is 26.0. The lowest BCUT2D eigenvalue weighted by atomic mass is 9.83. The minimum absolute atomic E-state index is 0.0851. The SMILES string of the molecule is Cc1ccc(CN2CC3(CCC(CNC(=O)N4CCCC4)CO3)C2)s1. The second-order valence-electron chi connectivity index (χ2n) is 7.94. The molecule has 1 N–H and O–H groups in total. The van der Waals surface area contributed by atoms with E-state index in [-0.39, 0.29) is 11.6 Å². The van der Waals surface area contributed by atoms with Crippen molar-refractivity contribution in [3.05, 3.63) is 21.9 Å². The van der Waals surface area contributed by atoms with Crippen molar-refractivity contribution in [2.75, 3.05) is 39.3 Å². The van der Waals surface area contributed by atoms with Gasteiger partial charge < -0.3 is 15.0 Å². The molecule has 138 valence electrons. The first-order valence-electron chi connectivity index (χ1n) is 9.56. The van der Waals surface area contributed by atoms with Crippen LogP contribution >= 0.6 is 11.3 Å². The Kier molecular flexibility index (Phi) is 5.02. The highest BCUT2D eigenvalue weighted by Gasteiger charge is 2.46. The molecule has 3 saturated heterocycles. The maximum atomic E-state index is 12.1. The van der Waals surface area contributed by atoms with E-state index in [9.17, 15) is 4.79 Å². The van der Waals surface area contributed by atoms with E-state index >= 15 is 0 Å². The fraction of sp³-hybridized carbons (Fsp3) is 0.737. The molecule has 0 radical (unpaired) electrons. The van der Waals surface area contributed by atoms with Gasteiger partial charge >= 0.3 is 6.03 Å². The number of carbonyl (C=O) groups is 1. The highest BCUT2D eigenvalue weighted by molar-refractivity contribution is 7.11. The van der Waals surface area contributed by atoms with Crippen LogP contribution in [0.3, 0.4) is 0 Å². The summed E-state index contributed by atoms with van der Waals surface area (Å²) >= 11 is 1.89. The zero-order valence-corrected chi connectivity index (χ0v) is 15.9. The number of nitrogens with one attached hydrogen (secondary N) is 1. The number of urea groups is 1. The van der Waals surface area contributed by atoms with Gasteiger partial charge in [-0.1, -0.05) is 0 Å². The molecule has 25 heavy (non-hydrogen) atoms. The first-order chi connectivity index (χ1) is 12.1. The van der Waals surface area contributed by atoms with Crippen molar-refractivity contribution in [1.82, 2.24) is 15.1 Å². The molecule has 1 unspecified atom stereocenters. The van der Waals surface area contributed by atoms with Gasteiger partial charge in [-0.3, -0.25) is 4.90 Å². The Morgan fingerprint density at radius 2 is 2.16 bits per heavy atom. The molecule has 3 fully saturated rings. The number of thiophene rings is 1. The van der Waals surface area contributed by atoms with Gasteiger partial charge in [-0.15, -0.1) is 11.3 Å². The van der Waals surface area contributed by atoms with Crippen molar-refractivity contribution < 1.29 is 9.53 Å². The van der Waals surface area contributed by atoms with E-state index in [4.69, 9.17) is 4.74 Å². The molecule has 1 aromatic rings. The lowest BCUT2D eigenvalue weighted by molar-refractivity contribution is -0.181. The third kappa shape index (κ3) is 4.01. The third-order valence-electron chi connectivity index (χ3n) is 5.77. The second kappa shape index (κ2) is 7.25. The van der Waals surface area contributed by atoms with E-state index in [1.807, 2.05) is 16.2 Å². The third-order valence-corrected chi connectivity index (χ3v) is 6.75. The second-order valence-corrected chi connectivity index (χ2v) is 9.31. The largest absolute Gasteiger partial charge is 0.372 e. The van der Waals surface area contributed by atoms with Crippen molar-refractivity contribution in [2.45, 2.75) is 44.8 Å². The summed E-state index contributed by atoms with van der Waals surface area (Å²) < 4.78 is 6.24. The summed E-state index contributed by atoms with van der Waals surface area (Å²) in [6.07, 6.45) is 4.57. The number of amides is 2. The van der Waals surface area contributed by atoms with Crippen LogP contribution in [0.25, 0.3) is 0 Å². The van der Waals surface area contributed by atoms with Crippen LogP contribution < -0.4 is 5.32 Å². The number of aryl methyl sites for hydroxylation is 1. The Morgan fingerprint density at radius 1 is 1.36 bits per heavy atom. The first-order valence-corrected chi connectivity index (χ1v) is 10.4. The molecule has 5 nitrogen and oxygen atoms in total. The average Bonchev–Trinajstić information content (AvgIpc) is 3.24. The molecule has 0 aromatic carbocycles. The smallest absolute Gasteiger partial charge is 0.317 e. The number of likely N-dealkylation sites (tertiary alicyclic amines) is 2. The van der Waals surface area contributed by atoms with Crippen LogP contribution in [0.1, 0.15) is 35.4 Å². The molecule has 3 aliphatic rings. The summed E-state index contributed by atoms with van der Waals surface area (Å²) in [6.45, 7) is 8.69. The summed E-state index contributed by atoms with van der Waals surface area (Å²) in [6, 6.07) is 4.55. The minimum Gasteiger partial charge on any atom is -0.372 e. The van der Waals surface area contributed by atoms with Crippen LogP contribution in [0.2, 0.25) is 0 Å². The molecule has 0 bridgehead atoms. The van der Waals surface area contributed by atoms with Gasteiger partial charge in [0.15, 0.2) is 0 Å². The molecule has 1 aromatic heterocycles. The summed E-state index contributed by atoms with van der Waals surface area (Å²) in [5, 5.41) is 3.10. The van der Waals surface area contributed by atoms with Crippen LogP contribution in [0.4, 0.5) is 4.79 Å². The zero-order valence-electron chi connectivity index (χ0n) is 15.1. The highest BCUT2D eigenvalue weighted by Crippen LogP contribution is 2.37. The number of ether oxygens (including phenoxy) is 1. The average molecular weight is 364 g/mol. The van der Waals surface area contributed by atoms with Gasteiger partial charge in [0.2, 0.25) is 0 Å². The Hall–Kier alpha value is -1.11. The molecule has 4 rings (SSSR count). The van der Waals surface area contributed by atoms with Crippen molar-refractivity contribution in [3.8, 4) is 0 Å². The topological polar surface area (TPSA) is 44.8 Å². The Morgan fingerprint density at radius 3 is 2.80 bits per heavy atom. The summed E-state index contributed by atoms with van der Waals surface area (Å²) in [5.74, 6) is 0.464. The van der Waals surface area contributed by atoms with Gasteiger partial charge in [0.25, 0.3) is 0 Å². The lowest BCUT2D eigenvalue weighted by Gasteiger charge is -2.52. The number of rotatable bonds is 4. The molecule has 1 spiro atoms. The zero-order chi connectivity index (χ0) is 17.3. The summed E-state index contributed by atoms with van der Waals surface area (Å²) in [7, 11) is 0. The molecule has 1 atom stereocenters. The van der Waals surface area contributed by atoms with E-state index in [0.29, 0.717) is 5.92 Å². The molecule has 4 heterocycles. The lowest BCUT2D eigenvalue weighted by Crippen LogP contribution is -2.64. The van der Waals surface area contributed by atoms with Crippen molar-refractivity contribution in [3.63, 3.8) is 0 Å². The van der Waals surface area contributed by atoms with Gasteiger partial charge in [0, 0.05) is 49.0 Å². The van der Waals surface area contributed by atoms with Gasteiger partial charge in [0.1, 0.15) is 0 Å². The van der Waals surface area contributed by atoms with Crippen molar-refractivity contribution in [1.29, 1.82) is 0 Å². The van der Waals surface area contributed by atoms with E-state index < -0.39 is 0 Å². The molecule has 2 amide bonds. The molecule has 0 aliphatic carbocycles. The Labute approximate surface area is 154 Å². The molecular formula is C19H29N3O2S. The number of hydrogen-bond acceptors (Lipinski definition) is 4. The van der Waals surface area contributed by atoms with Crippen LogP contribution in [-0.2, 0) is 11.3 Å². The molecule has 0 saturated carbocycles. The fourth-order valence-corrected chi connectivity index (χ4v) is 5.20. The van der Waals surface area contributed by atoms with Crippen LogP contribution in [0.5, 0.6) is 0 Å². The van der Waals surface area contributed by atoms with Crippen LogP contribution in [0, 0.1) is 12.8 Å². The quantitative estimate of drug-likeness (QED) is 0.895. The van der Waals surface area contributed by atoms with Gasteiger partial charge in [-0.25, -0.2) is 4.79 Å². The standard InChI is InChI=1S/C19H29N3O2S/c1-15-4-5-17(25-15)11-21-13-19(14-21)7-6-16(12-24-19)10-20-18(23)22-8-2-3-9-22/h4-5,16H,2-3,6-14H2,1H3,(H,20,23). The highest BCUT2D eigenvalue weighted by atomic mass is 32.1. The van der Waals surface area contributed by atoms with E-state index in [1.165, 1.54) is 9.75 Å². The van der Waals surface area contributed by atoms with Gasteiger partial charge in [-0.2, -0.15) is 0 Å². The van der Waals surface area contributed by atoms with Crippen molar-refractivity contribution >= 4 is 17.4 Å². The maximum Gasteiger partial charge on any atom is 0.317 e. The monoisotopic (exact) mass is 363 g/mol. The van der Waals surface area contributed by atoms with Crippen LogP contribution in [-0.4, -0.2) is 60.8 Å². The molecule has 6 heteroatoms. The van der Waals surface area contributed by atoms with Gasteiger partial charge in [-0.05, 0) is 50.7 Å².